The molecule has 3 N–H and O–H groups in total. The molecule has 3 aromatic rings. The van der Waals surface area contributed by atoms with Crippen LogP contribution in [0, 0.1) is 0 Å². The van der Waals surface area contributed by atoms with E-state index in [-0.39, 0.29) is 25.8 Å². The molecule has 0 fully saturated rings. The van der Waals surface area contributed by atoms with E-state index in [1.54, 1.807) is 6.20 Å². The second kappa shape index (κ2) is 8.23. The van der Waals surface area contributed by atoms with Crippen molar-refractivity contribution in [3.63, 3.8) is 0 Å². The molecular weight excluding hydrogens is 359 g/mol. The zero-order valence-corrected chi connectivity index (χ0v) is 15.8. The van der Waals surface area contributed by atoms with Gasteiger partial charge >= 0.3 is 7.12 Å². The zero-order chi connectivity index (χ0) is 18.1. The van der Waals surface area contributed by atoms with E-state index in [2.05, 4.69) is 4.98 Å². The lowest BCUT2D eigenvalue weighted by Crippen LogP contribution is -2.30. The molecule has 0 saturated carbocycles. The summed E-state index contributed by atoms with van der Waals surface area (Å²) in [6, 6.07) is 13.5. The third kappa shape index (κ3) is 3.91. The SMILES string of the molecule is NC[C@@H](C(=O)Cc1ccc2cnccc2c1)c1ccc2c(c1)B(O)OC2.S. The van der Waals surface area contributed by atoms with Crippen molar-refractivity contribution < 1.29 is 14.5 Å². The Kier molecular flexibility index (Phi) is 5.96. The van der Waals surface area contributed by atoms with Crippen LogP contribution in [0.2, 0.25) is 0 Å². The number of aromatic nitrogens is 1. The first kappa shape index (κ1) is 19.6. The molecule has 0 saturated heterocycles. The molecule has 138 valence electrons. The Morgan fingerprint density at radius 1 is 1.22 bits per heavy atom. The van der Waals surface area contributed by atoms with Gasteiger partial charge in [-0.2, -0.15) is 13.5 Å². The molecule has 2 heterocycles. The van der Waals surface area contributed by atoms with Crippen LogP contribution in [0.3, 0.4) is 0 Å². The Bertz CT molecular complexity index is 982. The zero-order valence-electron chi connectivity index (χ0n) is 14.8. The summed E-state index contributed by atoms with van der Waals surface area (Å²) in [6.07, 6.45) is 3.87. The minimum absolute atomic E-state index is 0. The standard InChI is InChI=1S/C20H19BN2O3.H2S/c22-10-18(15-3-4-17-12-26-21(25)19(17)9-15)20(24)8-13-1-2-16-11-23-6-5-14(16)7-13;/h1-7,9,11,18,25H,8,10,12,22H2;1H2/t18-;/m1./s1. The van der Waals surface area contributed by atoms with Gasteiger partial charge in [-0.1, -0.05) is 36.4 Å². The van der Waals surface area contributed by atoms with Crippen molar-refractivity contribution in [3.05, 3.63) is 71.5 Å². The van der Waals surface area contributed by atoms with Crippen LogP contribution in [-0.2, 0) is 22.5 Å². The quantitative estimate of drug-likeness (QED) is 0.654. The number of pyridine rings is 1. The molecule has 27 heavy (non-hydrogen) atoms. The third-order valence-electron chi connectivity index (χ3n) is 4.94. The molecule has 0 aliphatic carbocycles. The lowest BCUT2D eigenvalue weighted by Gasteiger charge is -2.16. The van der Waals surface area contributed by atoms with E-state index in [1.165, 1.54) is 0 Å². The van der Waals surface area contributed by atoms with Crippen molar-refractivity contribution >= 4 is 42.6 Å². The van der Waals surface area contributed by atoms with E-state index in [0.29, 0.717) is 13.0 Å². The summed E-state index contributed by atoms with van der Waals surface area (Å²) < 4.78 is 5.22. The average Bonchev–Trinajstić information content (AvgIpc) is 3.03. The van der Waals surface area contributed by atoms with Crippen LogP contribution in [0.1, 0.15) is 22.6 Å². The first-order valence-corrected chi connectivity index (χ1v) is 8.63. The van der Waals surface area contributed by atoms with Crippen LogP contribution in [0.25, 0.3) is 10.8 Å². The molecule has 0 bridgehead atoms. The lowest BCUT2D eigenvalue weighted by molar-refractivity contribution is -0.119. The summed E-state index contributed by atoms with van der Waals surface area (Å²) in [4.78, 5) is 17.0. The summed E-state index contributed by atoms with van der Waals surface area (Å²) in [5.41, 5.74) is 9.37. The highest BCUT2D eigenvalue weighted by atomic mass is 32.1. The summed E-state index contributed by atoms with van der Waals surface area (Å²) >= 11 is 0. The number of hydrogen-bond donors (Lipinski definition) is 2. The molecule has 5 nitrogen and oxygen atoms in total. The number of rotatable bonds is 5. The van der Waals surface area contributed by atoms with Crippen LogP contribution in [0.4, 0.5) is 0 Å². The molecule has 1 aliphatic heterocycles. The monoisotopic (exact) mass is 380 g/mol. The Morgan fingerprint density at radius 3 is 2.89 bits per heavy atom. The van der Waals surface area contributed by atoms with Crippen LogP contribution >= 0.6 is 13.5 Å². The maximum absolute atomic E-state index is 12.9. The molecule has 0 amide bonds. The number of hydrogen-bond acceptors (Lipinski definition) is 5. The normalized spacial score (nSPS) is 13.9. The number of carbonyl (C=O) groups is 1. The molecule has 0 unspecified atom stereocenters. The predicted octanol–water partition coefficient (Wildman–Crippen LogP) is 1.42. The summed E-state index contributed by atoms with van der Waals surface area (Å²) in [6.45, 7) is 0.621. The van der Waals surface area contributed by atoms with Gasteiger partial charge in [0.05, 0.1) is 12.5 Å². The van der Waals surface area contributed by atoms with Gasteiger partial charge in [0.15, 0.2) is 0 Å². The van der Waals surface area contributed by atoms with E-state index < -0.39 is 13.0 Å². The van der Waals surface area contributed by atoms with Gasteiger partial charge in [-0.3, -0.25) is 9.78 Å². The summed E-state index contributed by atoms with van der Waals surface area (Å²) in [5.74, 6) is -0.338. The molecule has 7 heteroatoms. The van der Waals surface area contributed by atoms with E-state index in [9.17, 15) is 9.82 Å². The Labute approximate surface area is 165 Å². The van der Waals surface area contributed by atoms with E-state index >= 15 is 0 Å². The molecule has 4 rings (SSSR count). The Hall–Kier alpha value is -2.19. The van der Waals surface area contributed by atoms with Crippen molar-refractivity contribution in [1.82, 2.24) is 4.98 Å². The van der Waals surface area contributed by atoms with Gasteiger partial charge in [-0.05, 0) is 33.6 Å². The van der Waals surface area contributed by atoms with Gasteiger partial charge in [0.2, 0.25) is 0 Å². The highest BCUT2D eigenvalue weighted by Crippen LogP contribution is 2.22. The number of ketones is 1. The molecular formula is C20H21BN2O3S. The molecule has 2 aromatic carbocycles. The van der Waals surface area contributed by atoms with E-state index in [4.69, 9.17) is 10.4 Å². The maximum Gasteiger partial charge on any atom is 0.491 e. The minimum Gasteiger partial charge on any atom is -0.423 e. The summed E-state index contributed by atoms with van der Waals surface area (Å²) in [7, 11) is -0.924. The van der Waals surface area contributed by atoms with Gasteiger partial charge in [-0.25, -0.2) is 0 Å². The van der Waals surface area contributed by atoms with Gasteiger partial charge in [0.1, 0.15) is 5.78 Å². The fraction of sp³-hybridized carbons (Fsp3) is 0.200. The number of fused-ring (bicyclic) bond motifs is 2. The highest BCUT2D eigenvalue weighted by molar-refractivity contribution is 7.59. The first-order valence-electron chi connectivity index (χ1n) is 8.63. The van der Waals surface area contributed by atoms with Gasteiger partial charge < -0.3 is 15.4 Å². The van der Waals surface area contributed by atoms with Gasteiger partial charge in [-0.15, -0.1) is 0 Å². The van der Waals surface area contributed by atoms with Gasteiger partial charge in [0, 0.05) is 30.7 Å². The molecule has 0 radical (unpaired) electrons. The second-order valence-corrected chi connectivity index (χ2v) is 6.61. The smallest absolute Gasteiger partial charge is 0.423 e. The van der Waals surface area contributed by atoms with Gasteiger partial charge in [0.25, 0.3) is 0 Å². The van der Waals surface area contributed by atoms with Crippen molar-refractivity contribution in [2.45, 2.75) is 18.9 Å². The predicted molar refractivity (Wildman–Crippen MR) is 111 cm³/mol. The highest BCUT2D eigenvalue weighted by Gasteiger charge is 2.29. The average molecular weight is 380 g/mol. The molecule has 1 aliphatic rings. The number of nitrogens with zero attached hydrogens (tertiary/aromatic N) is 1. The third-order valence-corrected chi connectivity index (χ3v) is 4.94. The number of carbonyl (C=O) groups excluding carboxylic acids is 1. The molecule has 1 atom stereocenters. The van der Waals surface area contributed by atoms with Crippen molar-refractivity contribution in [3.8, 4) is 0 Å². The fourth-order valence-electron chi connectivity index (χ4n) is 3.47. The van der Waals surface area contributed by atoms with Crippen LogP contribution in [0.5, 0.6) is 0 Å². The minimum atomic E-state index is -0.924. The largest absolute Gasteiger partial charge is 0.491 e. The van der Waals surface area contributed by atoms with Crippen LogP contribution < -0.4 is 11.2 Å². The summed E-state index contributed by atoms with van der Waals surface area (Å²) in [5, 5.41) is 12.0. The second-order valence-electron chi connectivity index (χ2n) is 6.61. The Balaban J connectivity index is 0.00000210. The van der Waals surface area contributed by atoms with Crippen molar-refractivity contribution in [2.75, 3.05) is 6.54 Å². The van der Waals surface area contributed by atoms with E-state index in [0.717, 1.165) is 32.9 Å². The number of nitrogens with two attached hydrogens (primary N) is 1. The lowest BCUT2D eigenvalue weighted by atomic mass is 9.77. The maximum atomic E-state index is 12.9. The van der Waals surface area contributed by atoms with Crippen LogP contribution in [-0.4, -0.2) is 29.5 Å². The molecule has 1 aromatic heterocycles. The van der Waals surface area contributed by atoms with E-state index in [1.807, 2.05) is 48.7 Å². The topological polar surface area (TPSA) is 85.4 Å². The number of Topliss-reactive ketones (excluding diaryl/α,β-unsaturated/α-hetero) is 1. The fourth-order valence-corrected chi connectivity index (χ4v) is 3.47. The van der Waals surface area contributed by atoms with Crippen molar-refractivity contribution in [1.29, 1.82) is 0 Å². The van der Waals surface area contributed by atoms with Crippen LogP contribution in [0.15, 0.2) is 54.9 Å². The first-order chi connectivity index (χ1) is 12.7. The number of benzene rings is 2. The Morgan fingerprint density at radius 2 is 2.07 bits per heavy atom. The molecule has 0 spiro atoms. The van der Waals surface area contributed by atoms with Crippen molar-refractivity contribution in [2.24, 2.45) is 5.73 Å².